The lowest BCUT2D eigenvalue weighted by Gasteiger charge is -2.32. The zero-order chi connectivity index (χ0) is 17.1. The highest BCUT2D eigenvalue weighted by molar-refractivity contribution is 5.80. The standard InChI is InChI=1S/C23H19NO/c25-17-22-23(19-12-6-2-7-13-19,20-14-8-3-9-15-20)16-21(24-22)18-10-4-1-5-11-18/h1-17,22,24H. The van der Waals surface area contributed by atoms with Gasteiger partial charge in [0.1, 0.15) is 6.29 Å². The molecule has 0 aromatic heterocycles. The summed E-state index contributed by atoms with van der Waals surface area (Å²) < 4.78 is 0. The van der Waals surface area contributed by atoms with Crippen LogP contribution < -0.4 is 5.32 Å². The highest BCUT2D eigenvalue weighted by Crippen LogP contribution is 2.42. The molecule has 0 aliphatic carbocycles. The first-order valence-electron chi connectivity index (χ1n) is 8.46. The highest BCUT2D eigenvalue weighted by Gasteiger charge is 2.45. The molecule has 1 N–H and O–H groups in total. The van der Waals surface area contributed by atoms with Gasteiger partial charge in [0.15, 0.2) is 0 Å². The van der Waals surface area contributed by atoms with Crippen molar-refractivity contribution in [3.05, 3.63) is 114 Å². The molecule has 2 heteroatoms. The summed E-state index contributed by atoms with van der Waals surface area (Å²) in [6.45, 7) is 0. The normalized spacial score (nSPS) is 18.2. The predicted molar refractivity (Wildman–Crippen MR) is 101 cm³/mol. The lowest BCUT2D eigenvalue weighted by molar-refractivity contribution is -0.109. The van der Waals surface area contributed by atoms with Gasteiger partial charge in [-0.15, -0.1) is 0 Å². The zero-order valence-corrected chi connectivity index (χ0v) is 13.8. The van der Waals surface area contributed by atoms with Crippen molar-refractivity contribution in [2.24, 2.45) is 0 Å². The second-order valence-electron chi connectivity index (χ2n) is 6.28. The molecular formula is C23H19NO. The Labute approximate surface area is 147 Å². The fraction of sp³-hybridized carbons (Fsp3) is 0.0870. The first-order valence-corrected chi connectivity index (χ1v) is 8.46. The minimum Gasteiger partial charge on any atom is -0.374 e. The maximum absolute atomic E-state index is 12.1. The van der Waals surface area contributed by atoms with E-state index in [9.17, 15) is 4.79 Å². The molecule has 0 fully saturated rings. The van der Waals surface area contributed by atoms with Gasteiger partial charge in [-0.25, -0.2) is 0 Å². The van der Waals surface area contributed by atoms with E-state index in [4.69, 9.17) is 0 Å². The lowest BCUT2D eigenvalue weighted by Crippen LogP contribution is -2.43. The molecule has 0 bridgehead atoms. The first-order chi connectivity index (χ1) is 12.3. The van der Waals surface area contributed by atoms with E-state index in [1.165, 1.54) is 0 Å². The summed E-state index contributed by atoms with van der Waals surface area (Å²) >= 11 is 0. The van der Waals surface area contributed by atoms with Gasteiger partial charge in [-0.2, -0.15) is 0 Å². The lowest BCUT2D eigenvalue weighted by atomic mass is 9.70. The maximum atomic E-state index is 12.1. The van der Waals surface area contributed by atoms with Crippen molar-refractivity contribution in [1.29, 1.82) is 0 Å². The molecule has 2 nitrogen and oxygen atoms in total. The van der Waals surface area contributed by atoms with E-state index in [-0.39, 0.29) is 6.04 Å². The van der Waals surface area contributed by atoms with E-state index in [1.54, 1.807) is 0 Å². The van der Waals surface area contributed by atoms with Gasteiger partial charge in [0.05, 0.1) is 11.5 Å². The van der Waals surface area contributed by atoms with Crippen LogP contribution in [0.25, 0.3) is 5.70 Å². The van der Waals surface area contributed by atoms with Gasteiger partial charge < -0.3 is 10.1 Å². The number of rotatable bonds is 4. The average Bonchev–Trinajstić information content (AvgIpc) is 3.11. The number of hydrogen-bond donors (Lipinski definition) is 1. The summed E-state index contributed by atoms with van der Waals surface area (Å²) in [5.74, 6) is 0. The second kappa shape index (κ2) is 6.40. The van der Waals surface area contributed by atoms with Crippen LogP contribution in [0.3, 0.4) is 0 Å². The molecule has 0 radical (unpaired) electrons. The molecule has 1 heterocycles. The Morgan fingerprint density at radius 3 is 1.68 bits per heavy atom. The largest absolute Gasteiger partial charge is 0.374 e. The molecule has 3 aromatic rings. The third-order valence-corrected chi connectivity index (χ3v) is 4.90. The van der Waals surface area contributed by atoms with Crippen LogP contribution in [0.5, 0.6) is 0 Å². The van der Waals surface area contributed by atoms with Crippen molar-refractivity contribution in [2.45, 2.75) is 11.5 Å². The van der Waals surface area contributed by atoms with E-state index in [0.717, 1.165) is 28.7 Å². The van der Waals surface area contributed by atoms with Crippen LogP contribution >= 0.6 is 0 Å². The monoisotopic (exact) mass is 325 g/mol. The van der Waals surface area contributed by atoms with Gasteiger partial charge >= 0.3 is 0 Å². The van der Waals surface area contributed by atoms with E-state index in [0.29, 0.717) is 0 Å². The van der Waals surface area contributed by atoms with Crippen LogP contribution in [0.1, 0.15) is 16.7 Å². The van der Waals surface area contributed by atoms with Gasteiger partial charge in [-0.3, -0.25) is 0 Å². The molecule has 0 saturated heterocycles. The average molecular weight is 325 g/mol. The fourth-order valence-electron chi connectivity index (χ4n) is 3.69. The van der Waals surface area contributed by atoms with Crippen LogP contribution in [-0.2, 0) is 10.2 Å². The van der Waals surface area contributed by atoms with Crippen LogP contribution in [-0.4, -0.2) is 12.3 Å². The highest BCUT2D eigenvalue weighted by atomic mass is 16.1. The summed E-state index contributed by atoms with van der Waals surface area (Å²) in [6, 6.07) is 30.3. The number of hydrogen-bond acceptors (Lipinski definition) is 2. The Kier molecular flexibility index (Phi) is 3.95. The zero-order valence-electron chi connectivity index (χ0n) is 13.8. The molecule has 3 aromatic carbocycles. The van der Waals surface area contributed by atoms with Crippen molar-refractivity contribution < 1.29 is 4.79 Å². The summed E-state index contributed by atoms with van der Waals surface area (Å²) in [6.07, 6.45) is 3.22. The molecule has 1 atom stereocenters. The van der Waals surface area contributed by atoms with Gasteiger partial charge in [0.25, 0.3) is 0 Å². The minimum absolute atomic E-state index is 0.354. The van der Waals surface area contributed by atoms with Crippen LogP contribution in [0.15, 0.2) is 97.1 Å². The topological polar surface area (TPSA) is 29.1 Å². The number of carbonyl (C=O) groups is 1. The number of benzene rings is 3. The molecule has 0 spiro atoms. The van der Waals surface area contributed by atoms with Crippen LogP contribution in [0, 0.1) is 0 Å². The van der Waals surface area contributed by atoms with Crippen molar-refractivity contribution >= 4 is 12.0 Å². The third kappa shape index (κ3) is 2.56. The molecule has 1 unspecified atom stereocenters. The molecule has 0 saturated carbocycles. The summed E-state index contributed by atoms with van der Waals surface area (Å²) in [7, 11) is 0. The van der Waals surface area contributed by atoms with Crippen LogP contribution in [0.4, 0.5) is 0 Å². The second-order valence-corrected chi connectivity index (χ2v) is 6.28. The number of carbonyl (C=O) groups excluding carboxylic acids is 1. The maximum Gasteiger partial charge on any atom is 0.143 e. The van der Waals surface area contributed by atoms with Crippen molar-refractivity contribution in [2.75, 3.05) is 0 Å². The third-order valence-electron chi connectivity index (χ3n) is 4.90. The number of nitrogens with one attached hydrogen (secondary N) is 1. The molecule has 1 aliphatic heterocycles. The van der Waals surface area contributed by atoms with Crippen molar-refractivity contribution in [3.8, 4) is 0 Å². The van der Waals surface area contributed by atoms with Gasteiger partial charge in [-0.1, -0.05) is 91.0 Å². The number of aldehydes is 1. The SMILES string of the molecule is O=CC1NC(c2ccccc2)=CC1(c1ccccc1)c1ccccc1. The Morgan fingerprint density at radius 2 is 1.20 bits per heavy atom. The molecule has 0 amide bonds. The minimum atomic E-state index is -0.518. The van der Waals surface area contributed by atoms with E-state index in [2.05, 4.69) is 47.8 Å². The molecule has 1 aliphatic rings. The molecular weight excluding hydrogens is 306 g/mol. The van der Waals surface area contributed by atoms with Gasteiger partial charge in [0, 0.05) is 5.70 Å². The quantitative estimate of drug-likeness (QED) is 0.729. The van der Waals surface area contributed by atoms with E-state index in [1.807, 2.05) is 54.6 Å². The van der Waals surface area contributed by atoms with E-state index >= 15 is 0 Å². The summed E-state index contributed by atoms with van der Waals surface area (Å²) in [5, 5.41) is 3.44. The van der Waals surface area contributed by atoms with E-state index < -0.39 is 5.41 Å². The van der Waals surface area contributed by atoms with Gasteiger partial charge in [-0.05, 0) is 22.8 Å². The fourth-order valence-corrected chi connectivity index (χ4v) is 3.69. The summed E-state index contributed by atoms with van der Waals surface area (Å²) in [5.41, 5.74) is 3.78. The van der Waals surface area contributed by atoms with Crippen LogP contribution in [0.2, 0.25) is 0 Å². The Balaban J connectivity index is 1.96. The smallest absolute Gasteiger partial charge is 0.143 e. The molecule has 4 rings (SSSR count). The molecule has 25 heavy (non-hydrogen) atoms. The Bertz CT molecular complexity index is 846. The summed E-state index contributed by atoms with van der Waals surface area (Å²) in [4.78, 5) is 12.1. The predicted octanol–water partition coefficient (Wildman–Crippen LogP) is 4.18. The molecule has 122 valence electrons. The Hall–Kier alpha value is -3.13. The van der Waals surface area contributed by atoms with Gasteiger partial charge in [0.2, 0.25) is 0 Å². The van der Waals surface area contributed by atoms with Crippen molar-refractivity contribution in [3.63, 3.8) is 0 Å². The van der Waals surface area contributed by atoms with Crippen molar-refractivity contribution in [1.82, 2.24) is 5.32 Å². The Morgan fingerprint density at radius 1 is 0.720 bits per heavy atom. The first kappa shape index (κ1) is 15.4.